The van der Waals surface area contributed by atoms with Gasteiger partial charge in [-0.1, -0.05) is 24.3 Å². The van der Waals surface area contributed by atoms with Gasteiger partial charge < -0.3 is 5.32 Å². The van der Waals surface area contributed by atoms with Gasteiger partial charge in [-0.3, -0.25) is 4.79 Å². The minimum Gasteiger partial charge on any atom is -0.384 e. The minimum absolute atomic E-state index is 0.152. The number of hydrogen-bond acceptors (Lipinski definition) is 2. The number of allylic oxidation sites excluding steroid dienone is 1. The van der Waals surface area contributed by atoms with Gasteiger partial charge in [-0.25, -0.2) is 0 Å². The lowest BCUT2D eigenvalue weighted by atomic mass is 10.0. The van der Waals surface area contributed by atoms with E-state index in [-0.39, 0.29) is 5.78 Å². The molecule has 0 aromatic heterocycles. The number of rotatable bonds is 3. The average molecular weight is 201 g/mol. The molecule has 1 aliphatic heterocycles. The van der Waals surface area contributed by atoms with Gasteiger partial charge >= 0.3 is 0 Å². The zero-order chi connectivity index (χ0) is 10.8. The summed E-state index contributed by atoms with van der Waals surface area (Å²) in [5.41, 5.74) is 4.11. The summed E-state index contributed by atoms with van der Waals surface area (Å²) in [6, 6.07) is 5.91. The molecule has 1 heterocycles. The lowest BCUT2D eigenvalue weighted by Gasteiger charge is -2.04. The molecule has 1 aliphatic rings. The first-order valence-electron chi connectivity index (χ1n) is 5.21. The summed E-state index contributed by atoms with van der Waals surface area (Å²) in [6.07, 6.45) is 1.50. The molecule has 0 unspecified atom stereocenters. The van der Waals surface area contributed by atoms with Crippen LogP contribution in [0.3, 0.4) is 0 Å². The SMILES string of the molecule is C=C(C)CC(=O)c1ccc2c(c1)NCC2. The summed E-state index contributed by atoms with van der Waals surface area (Å²) < 4.78 is 0. The molecule has 2 heteroatoms. The van der Waals surface area contributed by atoms with E-state index >= 15 is 0 Å². The van der Waals surface area contributed by atoms with Gasteiger partial charge in [0, 0.05) is 24.2 Å². The van der Waals surface area contributed by atoms with Gasteiger partial charge in [-0.15, -0.1) is 0 Å². The van der Waals surface area contributed by atoms with E-state index in [1.165, 1.54) is 5.56 Å². The van der Waals surface area contributed by atoms with Crippen LogP contribution < -0.4 is 5.32 Å². The average Bonchev–Trinajstić information content (AvgIpc) is 2.62. The molecule has 2 rings (SSSR count). The Morgan fingerprint density at radius 1 is 1.53 bits per heavy atom. The molecule has 0 saturated heterocycles. The number of Topliss-reactive ketones (excluding diaryl/α,β-unsaturated/α-hetero) is 1. The third-order valence-electron chi connectivity index (χ3n) is 2.60. The molecule has 0 spiro atoms. The molecule has 0 aliphatic carbocycles. The maximum Gasteiger partial charge on any atom is 0.166 e. The van der Waals surface area contributed by atoms with Gasteiger partial charge in [0.15, 0.2) is 5.78 Å². The van der Waals surface area contributed by atoms with Gasteiger partial charge in [-0.05, 0) is 25.0 Å². The lowest BCUT2D eigenvalue weighted by molar-refractivity contribution is 0.0993. The molecule has 78 valence electrons. The normalized spacial score (nSPS) is 13.1. The van der Waals surface area contributed by atoms with Crippen molar-refractivity contribution in [1.82, 2.24) is 0 Å². The Morgan fingerprint density at radius 2 is 2.33 bits per heavy atom. The molecule has 1 N–H and O–H groups in total. The second-order valence-electron chi connectivity index (χ2n) is 4.11. The van der Waals surface area contributed by atoms with Crippen LogP contribution in [0.4, 0.5) is 5.69 Å². The van der Waals surface area contributed by atoms with Crippen LogP contribution >= 0.6 is 0 Å². The smallest absolute Gasteiger partial charge is 0.166 e. The number of ketones is 1. The number of anilines is 1. The van der Waals surface area contributed by atoms with E-state index in [0.29, 0.717) is 6.42 Å². The van der Waals surface area contributed by atoms with Crippen LogP contribution in [0.1, 0.15) is 29.3 Å². The number of fused-ring (bicyclic) bond motifs is 1. The van der Waals surface area contributed by atoms with Crippen LogP contribution in [-0.4, -0.2) is 12.3 Å². The van der Waals surface area contributed by atoms with Gasteiger partial charge in [0.2, 0.25) is 0 Å². The van der Waals surface area contributed by atoms with Crippen LogP contribution in [0.25, 0.3) is 0 Å². The van der Waals surface area contributed by atoms with Crippen molar-refractivity contribution in [2.24, 2.45) is 0 Å². The summed E-state index contributed by atoms with van der Waals surface area (Å²) in [5, 5.41) is 3.27. The van der Waals surface area contributed by atoms with Gasteiger partial charge in [0.1, 0.15) is 0 Å². The first-order valence-corrected chi connectivity index (χ1v) is 5.21. The fourth-order valence-electron chi connectivity index (χ4n) is 1.84. The summed E-state index contributed by atoms with van der Waals surface area (Å²) in [6.45, 7) is 6.61. The highest BCUT2D eigenvalue weighted by Crippen LogP contribution is 2.24. The first-order chi connectivity index (χ1) is 7.16. The second-order valence-corrected chi connectivity index (χ2v) is 4.11. The molecule has 0 amide bonds. The first kappa shape index (κ1) is 9.97. The summed E-state index contributed by atoms with van der Waals surface area (Å²) >= 11 is 0. The topological polar surface area (TPSA) is 29.1 Å². The van der Waals surface area contributed by atoms with E-state index < -0.39 is 0 Å². The Kier molecular flexibility index (Phi) is 2.58. The van der Waals surface area contributed by atoms with E-state index in [1.807, 2.05) is 25.1 Å². The van der Waals surface area contributed by atoms with Crippen LogP contribution in [0.2, 0.25) is 0 Å². The molecule has 0 atom stereocenters. The molecular weight excluding hydrogens is 186 g/mol. The van der Waals surface area contributed by atoms with Crippen molar-refractivity contribution in [3.8, 4) is 0 Å². The third kappa shape index (κ3) is 2.09. The minimum atomic E-state index is 0.152. The van der Waals surface area contributed by atoms with E-state index in [4.69, 9.17) is 0 Å². The predicted octanol–water partition coefficient (Wildman–Crippen LogP) is 2.80. The van der Waals surface area contributed by atoms with Crippen molar-refractivity contribution in [1.29, 1.82) is 0 Å². The van der Waals surface area contributed by atoms with Crippen molar-refractivity contribution in [2.45, 2.75) is 19.8 Å². The van der Waals surface area contributed by atoms with Crippen LogP contribution in [-0.2, 0) is 6.42 Å². The van der Waals surface area contributed by atoms with Crippen molar-refractivity contribution in [3.63, 3.8) is 0 Å². The summed E-state index contributed by atoms with van der Waals surface area (Å²) in [7, 11) is 0. The Balaban J connectivity index is 2.23. The fourth-order valence-corrected chi connectivity index (χ4v) is 1.84. The Hall–Kier alpha value is -1.57. The highest BCUT2D eigenvalue weighted by Gasteiger charge is 2.13. The molecular formula is C13H15NO. The summed E-state index contributed by atoms with van der Waals surface area (Å²) in [4.78, 5) is 11.8. The Morgan fingerprint density at radius 3 is 3.07 bits per heavy atom. The van der Waals surface area contributed by atoms with Crippen molar-refractivity contribution < 1.29 is 4.79 Å². The molecule has 15 heavy (non-hydrogen) atoms. The molecule has 2 nitrogen and oxygen atoms in total. The summed E-state index contributed by atoms with van der Waals surface area (Å²) in [5.74, 6) is 0.152. The highest BCUT2D eigenvalue weighted by molar-refractivity contribution is 5.98. The molecule has 0 radical (unpaired) electrons. The number of carbonyl (C=O) groups excluding carboxylic acids is 1. The van der Waals surface area contributed by atoms with Gasteiger partial charge in [0.05, 0.1) is 0 Å². The third-order valence-corrected chi connectivity index (χ3v) is 2.60. The zero-order valence-electron chi connectivity index (χ0n) is 8.97. The number of hydrogen-bond donors (Lipinski definition) is 1. The Bertz CT molecular complexity index is 421. The van der Waals surface area contributed by atoms with E-state index in [0.717, 1.165) is 29.8 Å². The molecule has 0 fully saturated rings. The molecule has 1 aromatic rings. The van der Waals surface area contributed by atoms with Crippen LogP contribution in [0.5, 0.6) is 0 Å². The van der Waals surface area contributed by atoms with Crippen molar-refractivity contribution in [2.75, 3.05) is 11.9 Å². The number of nitrogens with one attached hydrogen (secondary N) is 1. The molecule has 1 aromatic carbocycles. The molecule has 0 bridgehead atoms. The van der Waals surface area contributed by atoms with Crippen molar-refractivity contribution in [3.05, 3.63) is 41.5 Å². The Labute approximate surface area is 90.0 Å². The maximum atomic E-state index is 11.8. The van der Waals surface area contributed by atoms with Crippen LogP contribution in [0, 0.1) is 0 Å². The van der Waals surface area contributed by atoms with Gasteiger partial charge in [-0.2, -0.15) is 0 Å². The monoisotopic (exact) mass is 201 g/mol. The van der Waals surface area contributed by atoms with E-state index in [9.17, 15) is 4.79 Å². The number of benzene rings is 1. The second kappa shape index (κ2) is 3.89. The fraction of sp³-hybridized carbons (Fsp3) is 0.308. The largest absolute Gasteiger partial charge is 0.384 e. The highest BCUT2D eigenvalue weighted by atomic mass is 16.1. The van der Waals surface area contributed by atoms with E-state index in [1.54, 1.807) is 0 Å². The standard InChI is InChI=1S/C13H15NO/c1-9(2)7-13(15)11-4-3-10-5-6-14-12(10)8-11/h3-4,8,14H,1,5-7H2,2H3. The van der Waals surface area contributed by atoms with Crippen molar-refractivity contribution >= 4 is 11.5 Å². The van der Waals surface area contributed by atoms with E-state index in [2.05, 4.69) is 11.9 Å². The maximum absolute atomic E-state index is 11.8. The predicted molar refractivity (Wildman–Crippen MR) is 62.4 cm³/mol. The zero-order valence-corrected chi connectivity index (χ0v) is 8.97. The van der Waals surface area contributed by atoms with Gasteiger partial charge in [0.25, 0.3) is 0 Å². The number of carbonyl (C=O) groups is 1. The van der Waals surface area contributed by atoms with Crippen LogP contribution in [0.15, 0.2) is 30.4 Å². The molecule has 0 saturated carbocycles. The quantitative estimate of drug-likeness (QED) is 0.602. The lowest BCUT2D eigenvalue weighted by Crippen LogP contribution is -2.00.